The van der Waals surface area contributed by atoms with Crippen molar-refractivity contribution in [2.45, 2.75) is 45.6 Å². The standard InChI is InChI=1S/C14H30N2/c1-11-6-7-13(10-12(11)2)14(15-3)8-9-16(4)5/h11-15H,6-10H2,1-5H3. The Balaban J connectivity index is 2.40. The first-order chi connectivity index (χ1) is 7.54. The van der Waals surface area contributed by atoms with E-state index in [4.69, 9.17) is 0 Å². The minimum absolute atomic E-state index is 0.720. The quantitative estimate of drug-likeness (QED) is 0.775. The van der Waals surface area contributed by atoms with E-state index in [2.05, 4.69) is 45.2 Å². The van der Waals surface area contributed by atoms with E-state index in [0.717, 1.165) is 23.8 Å². The monoisotopic (exact) mass is 226 g/mol. The number of rotatable bonds is 5. The van der Waals surface area contributed by atoms with Crippen molar-refractivity contribution in [1.82, 2.24) is 10.2 Å². The van der Waals surface area contributed by atoms with Gasteiger partial charge in [0.15, 0.2) is 0 Å². The number of nitrogens with one attached hydrogen (secondary N) is 1. The molecule has 1 saturated carbocycles. The van der Waals surface area contributed by atoms with E-state index in [0.29, 0.717) is 0 Å². The fraction of sp³-hybridized carbons (Fsp3) is 1.00. The van der Waals surface area contributed by atoms with Crippen LogP contribution in [0.15, 0.2) is 0 Å². The van der Waals surface area contributed by atoms with E-state index in [1.165, 1.54) is 32.2 Å². The van der Waals surface area contributed by atoms with Crippen molar-refractivity contribution < 1.29 is 0 Å². The molecule has 2 heteroatoms. The van der Waals surface area contributed by atoms with Gasteiger partial charge < -0.3 is 10.2 Å². The summed E-state index contributed by atoms with van der Waals surface area (Å²) >= 11 is 0. The Morgan fingerprint density at radius 1 is 1.19 bits per heavy atom. The third-order valence-electron chi connectivity index (χ3n) is 4.47. The number of hydrogen-bond donors (Lipinski definition) is 1. The fourth-order valence-corrected chi connectivity index (χ4v) is 2.97. The van der Waals surface area contributed by atoms with Crippen LogP contribution >= 0.6 is 0 Å². The van der Waals surface area contributed by atoms with Gasteiger partial charge in [-0.1, -0.05) is 20.3 Å². The van der Waals surface area contributed by atoms with Gasteiger partial charge in [0.2, 0.25) is 0 Å². The van der Waals surface area contributed by atoms with Crippen molar-refractivity contribution in [2.75, 3.05) is 27.7 Å². The predicted molar refractivity (Wildman–Crippen MR) is 71.7 cm³/mol. The largest absolute Gasteiger partial charge is 0.317 e. The molecule has 0 bridgehead atoms. The first-order valence-electron chi connectivity index (χ1n) is 6.86. The molecule has 0 amide bonds. The molecule has 1 aliphatic carbocycles. The summed E-state index contributed by atoms with van der Waals surface area (Å²) in [5, 5.41) is 3.54. The summed E-state index contributed by atoms with van der Waals surface area (Å²) in [6.45, 7) is 6.04. The fourth-order valence-electron chi connectivity index (χ4n) is 2.97. The van der Waals surface area contributed by atoms with Crippen LogP contribution in [0, 0.1) is 17.8 Å². The average molecular weight is 226 g/mol. The lowest BCUT2D eigenvalue weighted by molar-refractivity contribution is 0.164. The van der Waals surface area contributed by atoms with Crippen LogP contribution in [0.1, 0.15) is 39.5 Å². The van der Waals surface area contributed by atoms with Gasteiger partial charge in [0.25, 0.3) is 0 Å². The molecule has 0 aromatic rings. The molecule has 0 aromatic carbocycles. The predicted octanol–water partition coefficient (Wildman–Crippen LogP) is 2.60. The maximum Gasteiger partial charge on any atom is 0.0105 e. The maximum atomic E-state index is 3.54. The van der Waals surface area contributed by atoms with E-state index in [1.807, 2.05) is 0 Å². The van der Waals surface area contributed by atoms with Gasteiger partial charge in [-0.3, -0.25) is 0 Å². The molecule has 16 heavy (non-hydrogen) atoms. The molecule has 0 heterocycles. The highest BCUT2D eigenvalue weighted by Crippen LogP contribution is 2.35. The number of nitrogens with zero attached hydrogens (tertiary/aromatic N) is 1. The molecule has 96 valence electrons. The second-order valence-electron chi connectivity index (χ2n) is 6.01. The molecule has 1 fully saturated rings. The third-order valence-corrected chi connectivity index (χ3v) is 4.47. The highest BCUT2D eigenvalue weighted by Gasteiger charge is 2.29. The third kappa shape index (κ3) is 4.06. The van der Waals surface area contributed by atoms with E-state index >= 15 is 0 Å². The van der Waals surface area contributed by atoms with Crippen molar-refractivity contribution >= 4 is 0 Å². The van der Waals surface area contributed by atoms with E-state index in [-0.39, 0.29) is 0 Å². The Morgan fingerprint density at radius 2 is 1.88 bits per heavy atom. The van der Waals surface area contributed by atoms with Gasteiger partial charge in [-0.2, -0.15) is 0 Å². The molecule has 1 N–H and O–H groups in total. The van der Waals surface area contributed by atoms with Crippen molar-refractivity contribution in [3.63, 3.8) is 0 Å². The van der Waals surface area contributed by atoms with Crippen molar-refractivity contribution in [1.29, 1.82) is 0 Å². The second-order valence-corrected chi connectivity index (χ2v) is 6.01. The molecule has 0 aromatic heterocycles. The summed E-state index contributed by atoms with van der Waals surface area (Å²) in [6.07, 6.45) is 5.55. The Labute approximate surface area is 102 Å². The lowest BCUT2D eigenvalue weighted by Crippen LogP contribution is -2.39. The zero-order valence-electron chi connectivity index (χ0n) is 11.8. The van der Waals surface area contributed by atoms with Crippen LogP contribution in [0.5, 0.6) is 0 Å². The summed E-state index contributed by atoms with van der Waals surface area (Å²) in [4.78, 5) is 2.29. The zero-order valence-corrected chi connectivity index (χ0v) is 11.8. The molecule has 4 atom stereocenters. The van der Waals surface area contributed by atoms with E-state index in [1.54, 1.807) is 0 Å². The topological polar surface area (TPSA) is 15.3 Å². The molecule has 1 rings (SSSR count). The lowest BCUT2D eigenvalue weighted by Gasteiger charge is -2.37. The maximum absolute atomic E-state index is 3.54. The SMILES string of the molecule is CNC(CCN(C)C)C1CCC(C)C(C)C1. The summed E-state index contributed by atoms with van der Waals surface area (Å²) in [6, 6.07) is 0.720. The molecule has 0 aliphatic heterocycles. The highest BCUT2D eigenvalue weighted by atomic mass is 15.1. The first-order valence-corrected chi connectivity index (χ1v) is 6.86. The smallest absolute Gasteiger partial charge is 0.0105 e. The van der Waals surface area contributed by atoms with Crippen LogP contribution in [0.25, 0.3) is 0 Å². The Hall–Kier alpha value is -0.0800. The zero-order chi connectivity index (χ0) is 12.1. The van der Waals surface area contributed by atoms with Crippen LogP contribution in [-0.2, 0) is 0 Å². The minimum atomic E-state index is 0.720. The van der Waals surface area contributed by atoms with Crippen LogP contribution in [-0.4, -0.2) is 38.6 Å². The molecule has 0 radical (unpaired) electrons. The molecule has 1 aliphatic rings. The van der Waals surface area contributed by atoms with Gasteiger partial charge in [0, 0.05) is 6.04 Å². The van der Waals surface area contributed by atoms with Gasteiger partial charge in [0.1, 0.15) is 0 Å². The van der Waals surface area contributed by atoms with Gasteiger partial charge in [-0.15, -0.1) is 0 Å². The molecule has 2 nitrogen and oxygen atoms in total. The van der Waals surface area contributed by atoms with Gasteiger partial charge in [-0.25, -0.2) is 0 Å². The minimum Gasteiger partial charge on any atom is -0.317 e. The van der Waals surface area contributed by atoms with Crippen molar-refractivity contribution in [3.05, 3.63) is 0 Å². The molecule has 4 unspecified atom stereocenters. The van der Waals surface area contributed by atoms with Crippen LogP contribution in [0.3, 0.4) is 0 Å². The Kier molecular flexibility index (Phi) is 5.77. The number of hydrogen-bond acceptors (Lipinski definition) is 2. The van der Waals surface area contributed by atoms with Crippen molar-refractivity contribution in [3.8, 4) is 0 Å². The molecule has 0 saturated heterocycles. The van der Waals surface area contributed by atoms with Crippen LogP contribution in [0.4, 0.5) is 0 Å². The normalized spacial score (nSPS) is 33.0. The van der Waals surface area contributed by atoms with Gasteiger partial charge in [-0.05, 0) is 64.7 Å². The summed E-state index contributed by atoms with van der Waals surface area (Å²) < 4.78 is 0. The lowest BCUT2D eigenvalue weighted by atomic mass is 9.72. The highest BCUT2D eigenvalue weighted by molar-refractivity contribution is 4.83. The Morgan fingerprint density at radius 3 is 2.38 bits per heavy atom. The van der Waals surface area contributed by atoms with Gasteiger partial charge in [0.05, 0.1) is 0 Å². The van der Waals surface area contributed by atoms with Crippen LogP contribution in [0.2, 0.25) is 0 Å². The van der Waals surface area contributed by atoms with Crippen molar-refractivity contribution in [2.24, 2.45) is 17.8 Å². The molecule has 0 spiro atoms. The average Bonchev–Trinajstić information content (AvgIpc) is 2.23. The van der Waals surface area contributed by atoms with E-state index in [9.17, 15) is 0 Å². The molecular weight excluding hydrogens is 196 g/mol. The van der Waals surface area contributed by atoms with Gasteiger partial charge >= 0.3 is 0 Å². The van der Waals surface area contributed by atoms with E-state index < -0.39 is 0 Å². The molecular formula is C14H30N2. The summed E-state index contributed by atoms with van der Waals surface area (Å²) in [7, 11) is 6.46. The summed E-state index contributed by atoms with van der Waals surface area (Å²) in [5.74, 6) is 2.74. The first kappa shape index (κ1) is 14.0. The summed E-state index contributed by atoms with van der Waals surface area (Å²) in [5.41, 5.74) is 0. The Bertz CT molecular complexity index is 191. The van der Waals surface area contributed by atoms with Crippen LogP contribution < -0.4 is 5.32 Å². The second kappa shape index (κ2) is 6.61.